The molecular formula is C13H18ClNO. The largest absolute Gasteiger partial charge is 0.489 e. The minimum absolute atomic E-state index is 0.312. The monoisotopic (exact) mass is 239 g/mol. The number of nitrogens with one attached hydrogen (secondary N) is 1. The Hall–Kier alpha value is -0.730. The molecule has 2 atom stereocenters. The lowest BCUT2D eigenvalue weighted by Gasteiger charge is -2.21. The van der Waals surface area contributed by atoms with Gasteiger partial charge in [0.05, 0.1) is 5.02 Å². The molecule has 2 nitrogen and oxygen atoms in total. The van der Waals surface area contributed by atoms with E-state index in [1.54, 1.807) is 0 Å². The van der Waals surface area contributed by atoms with Crippen molar-refractivity contribution in [3.63, 3.8) is 0 Å². The second-order valence-electron chi connectivity index (χ2n) is 4.34. The summed E-state index contributed by atoms with van der Waals surface area (Å²) in [7, 11) is 1.99. The summed E-state index contributed by atoms with van der Waals surface area (Å²) in [6, 6.07) is 7.70. The van der Waals surface area contributed by atoms with E-state index in [0.717, 1.165) is 18.7 Å². The van der Waals surface area contributed by atoms with Gasteiger partial charge >= 0.3 is 0 Å². The van der Waals surface area contributed by atoms with Crippen LogP contribution in [0.15, 0.2) is 24.3 Å². The average molecular weight is 240 g/mol. The van der Waals surface area contributed by atoms with Crippen LogP contribution in [0.4, 0.5) is 0 Å². The standard InChI is InChI=1S/C13H18ClNO/c1-15-9-10-5-4-8-12(10)16-13-7-3-2-6-11(13)14/h2-3,6-7,10,12,15H,4-5,8-9H2,1H3. The van der Waals surface area contributed by atoms with Crippen molar-refractivity contribution in [3.8, 4) is 5.75 Å². The van der Waals surface area contributed by atoms with Crippen molar-refractivity contribution in [2.24, 2.45) is 5.92 Å². The van der Waals surface area contributed by atoms with E-state index in [2.05, 4.69) is 5.32 Å². The summed E-state index contributed by atoms with van der Waals surface area (Å²) in [5.41, 5.74) is 0. The molecule has 0 aromatic heterocycles. The summed E-state index contributed by atoms with van der Waals surface area (Å²) in [6.45, 7) is 1.02. The molecule has 1 aromatic rings. The molecule has 0 heterocycles. The number of halogens is 1. The van der Waals surface area contributed by atoms with Crippen LogP contribution in [0.5, 0.6) is 5.75 Å². The van der Waals surface area contributed by atoms with Crippen LogP contribution < -0.4 is 10.1 Å². The zero-order valence-electron chi connectivity index (χ0n) is 9.58. The topological polar surface area (TPSA) is 21.3 Å². The Bertz CT molecular complexity index is 342. The Morgan fingerprint density at radius 3 is 2.94 bits per heavy atom. The molecule has 1 saturated carbocycles. The van der Waals surface area contributed by atoms with Crippen LogP contribution in [-0.4, -0.2) is 19.7 Å². The Balaban J connectivity index is 2.01. The smallest absolute Gasteiger partial charge is 0.138 e. The van der Waals surface area contributed by atoms with Gasteiger partial charge in [0.1, 0.15) is 11.9 Å². The van der Waals surface area contributed by atoms with Crippen molar-refractivity contribution in [1.29, 1.82) is 0 Å². The van der Waals surface area contributed by atoms with Crippen molar-refractivity contribution >= 4 is 11.6 Å². The first-order chi connectivity index (χ1) is 7.81. The van der Waals surface area contributed by atoms with Gasteiger partial charge in [-0.05, 0) is 38.4 Å². The molecule has 0 spiro atoms. The molecule has 1 aliphatic carbocycles. The van der Waals surface area contributed by atoms with Crippen molar-refractivity contribution in [2.45, 2.75) is 25.4 Å². The number of hydrogen-bond acceptors (Lipinski definition) is 2. The van der Waals surface area contributed by atoms with Gasteiger partial charge in [-0.1, -0.05) is 23.7 Å². The molecule has 0 aliphatic heterocycles. The number of ether oxygens (including phenoxy) is 1. The fraction of sp³-hybridized carbons (Fsp3) is 0.538. The molecule has 0 saturated heterocycles. The van der Waals surface area contributed by atoms with Crippen LogP contribution >= 0.6 is 11.6 Å². The lowest BCUT2D eigenvalue weighted by atomic mass is 10.1. The molecule has 88 valence electrons. The Morgan fingerprint density at radius 1 is 1.38 bits per heavy atom. The third-order valence-corrected chi connectivity index (χ3v) is 3.48. The van der Waals surface area contributed by atoms with E-state index < -0.39 is 0 Å². The predicted molar refractivity (Wildman–Crippen MR) is 67.1 cm³/mol. The molecule has 16 heavy (non-hydrogen) atoms. The fourth-order valence-electron chi connectivity index (χ4n) is 2.36. The van der Waals surface area contributed by atoms with E-state index in [1.807, 2.05) is 31.3 Å². The molecule has 2 unspecified atom stereocenters. The van der Waals surface area contributed by atoms with Crippen molar-refractivity contribution in [3.05, 3.63) is 29.3 Å². The number of para-hydroxylation sites is 1. The Labute approximate surface area is 102 Å². The molecule has 1 fully saturated rings. The summed E-state index contributed by atoms with van der Waals surface area (Å²) in [6.07, 6.45) is 3.95. The van der Waals surface area contributed by atoms with Gasteiger partial charge in [0.2, 0.25) is 0 Å². The highest BCUT2D eigenvalue weighted by atomic mass is 35.5. The summed E-state index contributed by atoms with van der Waals surface area (Å²) in [4.78, 5) is 0. The summed E-state index contributed by atoms with van der Waals surface area (Å²) in [5.74, 6) is 1.43. The van der Waals surface area contributed by atoms with E-state index in [-0.39, 0.29) is 0 Å². The molecule has 1 aliphatic rings. The van der Waals surface area contributed by atoms with Gasteiger partial charge < -0.3 is 10.1 Å². The van der Waals surface area contributed by atoms with E-state index in [0.29, 0.717) is 17.0 Å². The highest BCUT2D eigenvalue weighted by molar-refractivity contribution is 6.32. The van der Waals surface area contributed by atoms with Crippen LogP contribution in [0, 0.1) is 5.92 Å². The molecule has 0 radical (unpaired) electrons. The van der Waals surface area contributed by atoms with Gasteiger partial charge in [-0.3, -0.25) is 0 Å². The third kappa shape index (κ3) is 2.69. The maximum atomic E-state index is 6.09. The summed E-state index contributed by atoms with van der Waals surface area (Å²) >= 11 is 6.09. The normalized spacial score (nSPS) is 24.6. The van der Waals surface area contributed by atoms with E-state index in [9.17, 15) is 0 Å². The molecule has 0 bridgehead atoms. The highest BCUT2D eigenvalue weighted by Gasteiger charge is 2.28. The fourth-order valence-corrected chi connectivity index (χ4v) is 2.54. The molecule has 3 heteroatoms. The van der Waals surface area contributed by atoms with Gasteiger partial charge in [0, 0.05) is 12.5 Å². The summed E-state index contributed by atoms with van der Waals surface area (Å²) < 4.78 is 6.00. The van der Waals surface area contributed by atoms with E-state index >= 15 is 0 Å². The zero-order chi connectivity index (χ0) is 11.4. The molecule has 2 rings (SSSR count). The van der Waals surface area contributed by atoms with Crippen molar-refractivity contribution in [1.82, 2.24) is 5.32 Å². The van der Waals surface area contributed by atoms with Crippen LogP contribution in [0.3, 0.4) is 0 Å². The summed E-state index contributed by atoms with van der Waals surface area (Å²) in [5, 5.41) is 3.93. The predicted octanol–water partition coefficient (Wildman–Crippen LogP) is 3.11. The van der Waals surface area contributed by atoms with Crippen LogP contribution in [0.25, 0.3) is 0 Å². The second kappa shape index (κ2) is 5.55. The van der Waals surface area contributed by atoms with E-state index in [4.69, 9.17) is 16.3 Å². The first-order valence-electron chi connectivity index (χ1n) is 5.87. The van der Waals surface area contributed by atoms with Gasteiger partial charge in [0.25, 0.3) is 0 Å². The Kier molecular flexibility index (Phi) is 4.08. The minimum Gasteiger partial charge on any atom is -0.489 e. The van der Waals surface area contributed by atoms with Gasteiger partial charge in [-0.25, -0.2) is 0 Å². The highest BCUT2D eigenvalue weighted by Crippen LogP contribution is 2.32. The Morgan fingerprint density at radius 2 is 2.19 bits per heavy atom. The van der Waals surface area contributed by atoms with Gasteiger partial charge in [0.15, 0.2) is 0 Å². The quantitative estimate of drug-likeness (QED) is 0.872. The number of rotatable bonds is 4. The minimum atomic E-state index is 0.312. The first-order valence-corrected chi connectivity index (χ1v) is 6.25. The number of hydrogen-bond donors (Lipinski definition) is 1. The molecular weight excluding hydrogens is 222 g/mol. The zero-order valence-corrected chi connectivity index (χ0v) is 10.3. The van der Waals surface area contributed by atoms with Gasteiger partial charge in [-0.15, -0.1) is 0 Å². The third-order valence-electron chi connectivity index (χ3n) is 3.17. The molecule has 0 amide bonds. The van der Waals surface area contributed by atoms with Crippen LogP contribution in [0.1, 0.15) is 19.3 Å². The number of benzene rings is 1. The van der Waals surface area contributed by atoms with Crippen LogP contribution in [-0.2, 0) is 0 Å². The molecule has 1 N–H and O–H groups in total. The maximum Gasteiger partial charge on any atom is 0.138 e. The molecule has 1 aromatic carbocycles. The van der Waals surface area contributed by atoms with Crippen molar-refractivity contribution in [2.75, 3.05) is 13.6 Å². The first kappa shape index (κ1) is 11.7. The van der Waals surface area contributed by atoms with Crippen molar-refractivity contribution < 1.29 is 4.74 Å². The van der Waals surface area contributed by atoms with E-state index in [1.165, 1.54) is 12.8 Å². The maximum absolute atomic E-state index is 6.09. The second-order valence-corrected chi connectivity index (χ2v) is 4.74. The lowest BCUT2D eigenvalue weighted by Crippen LogP contribution is -2.29. The SMILES string of the molecule is CNCC1CCCC1Oc1ccccc1Cl. The lowest BCUT2D eigenvalue weighted by molar-refractivity contribution is 0.158. The van der Waals surface area contributed by atoms with Crippen LogP contribution in [0.2, 0.25) is 5.02 Å². The average Bonchev–Trinajstić information content (AvgIpc) is 2.70. The van der Waals surface area contributed by atoms with Gasteiger partial charge in [-0.2, -0.15) is 0 Å².